The molecule has 1 aliphatic carbocycles. The molecule has 0 saturated heterocycles. The van der Waals surface area contributed by atoms with Crippen molar-refractivity contribution in [2.75, 3.05) is 0 Å². The summed E-state index contributed by atoms with van der Waals surface area (Å²) in [5, 5.41) is 6.71. The van der Waals surface area contributed by atoms with Gasteiger partial charge < -0.3 is 15.1 Å². The third-order valence-electron chi connectivity index (χ3n) is 5.86. The van der Waals surface area contributed by atoms with Crippen LogP contribution in [0.25, 0.3) is 17.4 Å². The number of furan rings is 1. The van der Waals surface area contributed by atoms with E-state index in [1.165, 1.54) is 6.42 Å². The summed E-state index contributed by atoms with van der Waals surface area (Å²) in [6.07, 6.45) is 6.78. The predicted octanol–water partition coefficient (Wildman–Crippen LogP) is 6.78. The molecule has 1 fully saturated rings. The van der Waals surface area contributed by atoms with Gasteiger partial charge in [-0.25, -0.2) is 0 Å². The lowest BCUT2D eigenvalue weighted by Crippen LogP contribution is -2.41. The highest BCUT2D eigenvalue weighted by Crippen LogP contribution is 2.30. The van der Waals surface area contributed by atoms with Crippen LogP contribution in [0.1, 0.15) is 53.8 Å². The minimum atomic E-state index is -0.360. The first kappa shape index (κ1) is 24.1. The van der Waals surface area contributed by atoms with Crippen LogP contribution in [0.15, 0.2) is 64.7 Å². The monoisotopic (exact) mass is 496 g/mol. The first-order valence-electron chi connectivity index (χ1n) is 11.3. The molecular weight excluding hydrogens is 471 g/mol. The van der Waals surface area contributed by atoms with Crippen molar-refractivity contribution in [3.63, 3.8) is 0 Å². The van der Waals surface area contributed by atoms with Crippen LogP contribution in [0.2, 0.25) is 10.0 Å². The molecule has 1 heterocycles. The summed E-state index contributed by atoms with van der Waals surface area (Å²) in [6.45, 7) is 1.95. The summed E-state index contributed by atoms with van der Waals surface area (Å²) in [4.78, 5) is 26.0. The molecule has 1 saturated carbocycles. The molecule has 2 N–H and O–H groups in total. The number of halogens is 2. The van der Waals surface area contributed by atoms with Crippen molar-refractivity contribution in [2.24, 2.45) is 0 Å². The van der Waals surface area contributed by atoms with Crippen molar-refractivity contribution in [3.05, 3.63) is 87.2 Å². The molecule has 0 radical (unpaired) electrons. The zero-order valence-corrected chi connectivity index (χ0v) is 20.4. The molecule has 34 heavy (non-hydrogen) atoms. The maximum absolute atomic E-state index is 13.1. The van der Waals surface area contributed by atoms with E-state index in [2.05, 4.69) is 10.6 Å². The fraction of sp³-hybridized carbons (Fsp3) is 0.259. The molecule has 0 bridgehead atoms. The zero-order valence-electron chi connectivity index (χ0n) is 18.9. The van der Waals surface area contributed by atoms with Crippen LogP contribution >= 0.6 is 23.2 Å². The van der Waals surface area contributed by atoms with Crippen LogP contribution < -0.4 is 10.6 Å². The van der Waals surface area contributed by atoms with Crippen molar-refractivity contribution in [1.29, 1.82) is 0 Å². The number of carbonyl (C=O) groups is 2. The van der Waals surface area contributed by atoms with Gasteiger partial charge in [0.2, 0.25) is 0 Å². The number of carbonyl (C=O) groups excluding carboxylic acids is 2. The zero-order chi connectivity index (χ0) is 24.1. The molecular formula is C27H26Cl2N2O3. The molecule has 3 aromatic rings. The minimum Gasteiger partial charge on any atom is -0.457 e. The smallest absolute Gasteiger partial charge is 0.268 e. The Kier molecular flexibility index (Phi) is 7.76. The van der Waals surface area contributed by atoms with E-state index in [1.807, 2.05) is 19.1 Å². The predicted molar refractivity (Wildman–Crippen MR) is 136 cm³/mol. The summed E-state index contributed by atoms with van der Waals surface area (Å²) in [5.74, 6) is 0.307. The molecule has 4 rings (SSSR count). The molecule has 5 nitrogen and oxygen atoms in total. The van der Waals surface area contributed by atoms with Gasteiger partial charge >= 0.3 is 0 Å². The maximum Gasteiger partial charge on any atom is 0.268 e. The topological polar surface area (TPSA) is 71.3 Å². The number of aryl methyl sites for hydroxylation is 1. The van der Waals surface area contributed by atoms with Crippen molar-refractivity contribution in [2.45, 2.75) is 45.1 Å². The SMILES string of the molecule is Cc1ccc(C(=O)NC(=Cc2ccc(-c3ccc(Cl)c(Cl)c3)o2)C(=O)NC2CCCCC2)cc1. The quantitative estimate of drug-likeness (QED) is 0.369. The van der Waals surface area contributed by atoms with Crippen molar-refractivity contribution >= 4 is 41.1 Å². The molecule has 1 aromatic heterocycles. The van der Waals surface area contributed by atoms with Crippen molar-refractivity contribution < 1.29 is 14.0 Å². The van der Waals surface area contributed by atoms with Gasteiger partial charge in [-0.3, -0.25) is 9.59 Å². The fourth-order valence-electron chi connectivity index (χ4n) is 3.95. The normalized spacial score (nSPS) is 14.6. The van der Waals surface area contributed by atoms with Crippen LogP contribution in [-0.4, -0.2) is 17.9 Å². The van der Waals surface area contributed by atoms with E-state index in [0.717, 1.165) is 36.8 Å². The lowest BCUT2D eigenvalue weighted by Gasteiger charge is -2.23. The van der Waals surface area contributed by atoms with Crippen LogP contribution in [0.5, 0.6) is 0 Å². The first-order chi connectivity index (χ1) is 16.4. The van der Waals surface area contributed by atoms with Crippen LogP contribution in [0, 0.1) is 6.92 Å². The summed E-state index contributed by atoms with van der Waals surface area (Å²) < 4.78 is 5.93. The number of hydrogen-bond donors (Lipinski definition) is 2. The van der Waals surface area contributed by atoms with E-state index in [1.54, 1.807) is 48.5 Å². The molecule has 2 aromatic carbocycles. The third kappa shape index (κ3) is 6.10. The molecule has 0 aliphatic heterocycles. The molecule has 7 heteroatoms. The summed E-state index contributed by atoms with van der Waals surface area (Å²) in [5.41, 5.74) is 2.41. The Bertz CT molecular complexity index is 1210. The van der Waals surface area contributed by atoms with Crippen LogP contribution in [0.3, 0.4) is 0 Å². The number of amides is 2. The minimum absolute atomic E-state index is 0.101. The van der Waals surface area contributed by atoms with Gasteiger partial charge in [-0.1, -0.05) is 60.2 Å². The van der Waals surface area contributed by atoms with Crippen LogP contribution in [0.4, 0.5) is 0 Å². The Morgan fingerprint density at radius 3 is 2.38 bits per heavy atom. The van der Waals surface area contributed by atoms with Crippen molar-refractivity contribution in [3.8, 4) is 11.3 Å². The summed E-state index contributed by atoms with van der Waals surface area (Å²) in [7, 11) is 0. The van der Waals surface area contributed by atoms with Gasteiger partial charge in [0.25, 0.3) is 11.8 Å². The number of benzene rings is 2. The van der Waals surface area contributed by atoms with E-state index in [-0.39, 0.29) is 23.6 Å². The molecule has 0 unspecified atom stereocenters. The highest BCUT2D eigenvalue weighted by Gasteiger charge is 2.21. The number of nitrogens with one attached hydrogen (secondary N) is 2. The lowest BCUT2D eigenvalue weighted by molar-refractivity contribution is -0.118. The van der Waals surface area contributed by atoms with Gasteiger partial charge in [0.05, 0.1) is 10.0 Å². The van der Waals surface area contributed by atoms with Gasteiger partial charge in [-0.2, -0.15) is 0 Å². The second-order valence-corrected chi connectivity index (χ2v) is 9.33. The molecule has 1 aliphatic rings. The summed E-state index contributed by atoms with van der Waals surface area (Å²) >= 11 is 12.1. The van der Waals surface area contributed by atoms with Gasteiger partial charge in [-0.15, -0.1) is 0 Å². The average molecular weight is 497 g/mol. The Morgan fingerprint density at radius 1 is 0.941 bits per heavy atom. The molecule has 176 valence electrons. The van der Waals surface area contributed by atoms with Gasteiger partial charge in [-0.05, 0) is 62.2 Å². The second kappa shape index (κ2) is 10.9. The van der Waals surface area contributed by atoms with E-state index >= 15 is 0 Å². The number of hydrogen-bond acceptors (Lipinski definition) is 3. The molecule has 2 amide bonds. The Morgan fingerprint density at radius 2 is 1.68 bits per heavy atom. The fourth-order valence-corrected chi connectivity index (χ4v) is 4.24. The third-order valence-corrected chi connectivity index (χ3v) is 6.60. The first-order valence-corrected chi connectivity index (χ1v) is 12.1. The van der Waals surface area contributed by atoms with E-state index < -0.39 is 0 Å². The highest BCUT2D eigenvalue weighted by molar-refractivity contribution is 6.42. The molecule has 0 spiro atoms. The van der Waals surface area contributed by atoms with Gasteiger partial charge in [0.15, 0.2) is 0 Å². The van der Waals surface area contributed by atoms with E-state index in [9.17, 15) is 9.59 Å². The van der Waals surface area contributed by atoms with E-state index in [4.69, 9.17) is 27.6 Å². The Labute approximate surface area is 209 Å². The average Bonchev–Trinajstić information content (AvgIpc) is 3.30. The maximum atomic E-state index is 13.1. The van der Waals surface area contributed by atoms with Gasteiger partial charge in [0, 0.05) is 23.2 Å². The number of rotatable bonds is 6. The largest absolute Gasteiger partial charge is 0.457 e. The summed E-state index contributed by atoms with van der Waals surface area (Å²) in [6, 6.07) is 16.0. The van der Waals surface area contributed by atoms with Crippen molar-refractivity contribution in [1.82, 2.24) is 10.6 Å². The van der Waals surface area contributed by atoms with Crippen LogP contribution in [-0.2, 0) is 4.79 Å². The second-order valence-electron chi connectivity index (χ2n) is 8.52. The highest BCUT2D eigenvalue weighted by atomic mass is 35.5. The Balaban J connectivity index is 1.59. The Hall–Kier alpha value is -3.02. The lowest BCUT2D eigenvalue weighted by atomic mass is 9.95. The molecule has 0 atom stereocenters. The van der Waals surface area contributed by atoms with Gasteiger partial charge in [0.1, 0.15) is 17.2 Å². The van der Waals surface area contributed by atoms with E-state index in [0.29, 0.717) is 27.1 Å². The standard InChI is InChI=1S/C27H26Cl2N2O3/c1-17-7-9-18(10-8-17)26(32)31-24(27(33)30-20-5-3-2-4-6-20)16-21-12-14-25(34-21)19-11-13-22(28)23(29)15-19/h7-16,20H,2-6H2,1H3,(H,30,33)(H,31,32).